The van der Waals surface area contributed by atoms with Crippen molar-refractivity contribution in [1.29, 1.82) is 0 Å². The standard InChI is InChI=1S/C24H33ClN6O7S/c1-16(22(37-5)23-26-11-17(25)12-27-23)39(32,33)15-20-29-30-24(31(20)18(13-35-3)14-36-4)19-7-6-8-21(28-19)38-10-9-34-2/h6-8,11-12,16,18,22H,9-10,13-15H2,1-5H3/t16-,22-/m0/s1. The number of rotatable bonds is 16. The van der Waals surface area contributed by atoms with Gasteiger partial charge in [0.25, 0.3) is 0 Å². The molecule has 0 aliphatic heterocycles. The Bertz CT molecular complexity index is 1290. The predicted molar refractivity (Wildman–Crippen MR) is 142 cm³/mol. The topological polar surface area (TPSA) is 150 Å². The van der Waals surface area contributed by atoms with Gasteiger partial charge < -0.3 is 28.3 Å². The third-order valence-corrected chi connectivity index (χ3v) is 8.05. The van der Waals surface area contributed by atoms with Crippen LogP contribution in [0.15, 0.2) is 30.6 Å². The zero-order valence-electron chi connectivity index (χ0n) is 22.5. The molecule has 13 nitrogen and oxygen atoms in total. The molecule has 214 valence electrons. The highest BCUT2D eigenvalue weighted by Crippen LogP contribution is 2.29. The van der Waals surface area contributed by atoms with Crippen LogP contribution in [0.1, 0.15) is 30.7 Å². The minimum atomic E-state index is -3.86. The van der Waals surface area contributed by atoms with Gasteiger partial charge >= 0.3 is 0 Å². The van der Waals surface area contributed by atoms with Crippen molar-refractivity contribution < 1.29 is 32.1 Å². The molecular formula is C24H33ClN6O7S. The number of methoxy groups -OCH3 is 4. The summed E-state index contributed by atoms with van der Waals surface area (Å²) in [6.07, 6.45) is 1.84. The average molecular weight is 585 g/mol. The highest BCUT2D eigenvalue weighted by Gasteiger charge is 2.35. The zero-order chi connectivity index (χ0) is 28.4. The third kappa shape index (κ3) is 7.90. The van der Waals surface area contributed by atoms with Gasteiger partial charge in [-0.2, -0.15) is 0 Å². The Labute approximate surface area is 232 Å². The average Bonchev–Trinajstić information content (AvgIpc) is 3.33. The van der Waals surface area contributed by atoms with Crippen LogP contribution >= 0.6 is 11.6 Å². The third-order valence-electron chi connectivity index (χ3n) is 5.81. The van der Waals surface area contributed by atoms with E-state index in [1.807, 2.05) is 0 Å². The molecule has 3 rings (SSSR count). The molecule has 0 amide bonds. The molecule has 3 aromatic rings. The van der Waals surface area contributed by atoms with Gasteiger partial charge in [0.1, 0.15) is 30.0 Å². The molecular weight excluding hydrogens is 552 g/mol. The van der Waals surface area contributed by atoms with E-state index in [0.29, 0.717) is 35.6 Å². The quantitative estimate of drug-likeness (QED) is 0.227. The van der Waals surface area contributed by atoms with E-state index >= 15 is 0 Å². The Balaban J connectivity index is 2.00. The lowest BCUT2D eigenvalue weighted by Crippen LogP contribution is -2.31. The van der Waals surface area contributed by atoms with Crippen LogP contribution in [0.5, 0.6) is 5.88 Å². The molecule has 3 heterocycles. The van der Waals surface area contributed by atoms with Crippen molar-refractivity contribution in [3.63, 3.8) is 0 Å². The number of pyridine rings is 1. The molecule has 0 aliphatic rings. The summed E-state index contributed by atoms with van der Waals surface area (Å²) in [5.74, 6) is 0.653. The summed E-state index contributed by atoms with van der Waals surface area (Å²) in [7, 11) is 2.20. The second kappa shape index (κ2) is 14.6. The van der Waals surface area contributed by atoms with Crippen molar-refractivity contribution in [2.24, 2.45) is 0 Å². The highest BCUT2D eigenvalue weighted by atomic mass is 35.5. The molecule has 0 fully saturated rings. The summed E-state index contributed by atoms with van der Waals surface area (Å²) < 4.78 is 55.9. The summed E-state index contributed by atoms with van der Waals surface area (Å²) in [4.78, 5) is 12.8. The maximum Gasteiger partial charge on any atom is 0.213 e. The van der Waals surface area contributed by atoms with E-state index in [9.17, 15) is 8.42 Å². The molecule has 0 saturated carbocycles. The van der Waals surface area contributed by atoms with Crippen molar-refractivity contribution in [2.75, 3.05) is 54.9 Å². The molecule has 0 aliphatic carbocycles. The van der Waals surface area contributed by atoms with Crippen LogP contribution < -0.4 is 4.74 Å². The van der Waals surface area contributed by atoms with Gasteiger partial charge in [-0.3, -0.25) is 0 Å². The molecule has 39 heavy (non-hydrogen) atoms. The molecule has 3 aromatic heterocycles. The van der Waals surface area contributed by atoms with Crippen LogP contribution in [0, 0.1) is 0 Å². The molecule has 0 aromatic carbocycles. The van der Waals surface area contributed by atoms with Crippen LogP contribution in [-0.2, 0) is 34.5 Å². The van der Waals surface area contributed by atoms with Crippen molar-refractivity contribution >= 4 is 21.4 Å². The fourth-order valence-corrected chi connectivity index (χ4v) is 5.41. The Morgan fingerprint density at radius 1 is 0.974 bits per heavy atom. The lowest BCUT2D eigenvalue weighted by Gasteiger charge is -2.23. The number of hydrogen-bond donors (Lipinski definition) is 0. The second-order valence-electron chi connectivity index (χ2n) is 8.50. The van der Waals surface area contributed by atoms with Gasteiger partial charge in [0, 0.05) is 46.9 Å². The van der Waals surface area contributed by atoms with E-state index in [1.54, 1.807) is 44.1 Å². The number of aromatic nitrogens is 6. The molecule has 0 spiro atoms. The van der Waals surface area contributed by atoms with E-state index in [0.717, 1.165) is 0 Å². The summed E-state index contributed by atoms with van der Waals surface area (Å²) in [5, 5.41) is 7.87. The number of nitrogens with zero attached hydrogens (tertiary/aromatic N) is 6. The van der Waals surface area contributed by atoms with Gasteiger partial charge in [-0.25, -0.2) is 23.4 Å². The van der Waals surface area contributed by atoms with Gasteiger partial charge in [-0.1, -0.05) is 17.7 Å². The van der Waals surface area contributed by atoms with Gasteiger partial charge in [0.15, 0.2) is 21.5 Å². The fraction of sp³-hybridized carbons (Fsp3) is 0.542. The molecule has 15 heteroatoms. The van der Waals surface area contributed by atoms with Crippen LogP contribution in [0.3, 0.4) is 0 Å². The fourth-order valence-electron chi connectivity index (χ4n) is 3.89. The first kappa shape index (κ1) is 30.8. The van der Waals surface area contributed by atoms with E-state index in [4.69, 9.17) is 35.3 Å². The number of halogens is 1. The van der Waals surface area contributed by atoms with Crippen LogP contribution in [0.2, 0.25) is 5.02 Å². The van der Waals surface area contributed by atoms with Gasteiger partial charge in [-0.05, 0) is 13.0 Å². The Morgan fingerprint density at radius 2 is 1.67 bits per heavy atom. The zero-order valence-corrected chi connectivity index (χ0v) is 24.1. The number of hydrogen-bond acceptors (Lipinski definition) is 12. The largest absolute Gasteiger partial charge is 0.475 e. The monoisotopic (exact) mass is 584 g/mol. The first-order valence-corrected chi connectivity index (χ1v) is 14.1. The summed E-state index contributed by atoms with van der Waals surface area (Å²) >= 11 is 5.89. The van der Waals surface area contributed by atoms with E-state index in [-0.39, 0.29) is 24.9 Å². The Kier molecular flexibility index (Phi) is 11.5. The summed E-state index contributed by atoms with van der Waals surface area (Å²) in [6, 6.07) is 4.76. The normalized spacial score (nSPS) is 13.5. The van der Waals surface area contributed by atoms with Crippen molar-refractivity contribution in [3.05, 3.63) is 47.3 Å². The lowest BCUT2D eigenvalue weighted by atomic mass is 10.2. The smallest absolute Gasteiger partial charge is 0.213 e. The Hall–Kier alpha value is -2.75. The lowest BCUT2D eigenvalue weighted by molar-refractivity contribution is 0.0887. The molecule has 0 N–H and O–H groups in total. The van der Waals surface area contributed by atoms with Gasteiger partial charge in [0.05, 0.1) is 36.1 Å². The van der Waals surface area contributed by atoms with E-state index in [1.165, 1.54) is 26.4 Å². The number of ether oxygens (including phenoxy) is 5. The molecule has 0 bridgehead atoms. The minimum absolute atomic E-state index is 0.190. The van der Waals surface area contributed by atoms with Crippen molar-refractivity contribution in [3.8, 4) is 17.4 Å². The predicted octanol–water partition coefficient (Wildman–Crippen LogP) is 2.33. The van der Waals surface area contributed by atoms with E-state index in [2.05, 4.69) is 25.1 Å². The molecule has 0 saturated heterocycles. The van der Waals surface area contributed by atoms with Crippen molar-refractivity contribution in [2.45, 2.75) is 30.1 Å². The van der Waals surface area contributed by atoms with E-state index < -0.39 is 33.0 Å². The molecule has 0 radical (unpaired) electrons. The SMILES string of the molecule is COCCOc1cccc(-c2nnc(CS(=O)(=O)[C@@H](C)[C@H](OC)c3ncc(Cl)cn3)n2C(COC)COC)n1. The second-order valence-corrected chi connectivity index (χ2v) is 11.3. The van der Waals surface area contributed by atoms with Crippen molar-refractivity contribution in [1.82, 2.24) is 29.7 Å². The Morgan fingerprint density at radius 3 is 2.28 bits per heavy atom. The van der Waals surface area contributed by atoms with Crippen LogP contribution in [-0.4, -0.2) is 98.3 Å². The van der Waals surface area contributed by atoms with Crippen LogP contribution in [0.25, 0.3) is 11.5 Å². The maximum absolute atomic E-state index is 13.6. The first-order chi connectivity index (χ1) is 18.7. The minimum Gasteiger partial charge on any atom is -0.475 e. The highest BCUT2D eigenvalue weighted by molar-refractivity contribution is 7.91. The summed E-state index contributed by atoms with van der Waals surface area (Å²) in [5.41, 5.74) is 0.440. The molecule has 0 unspecified atom stereocenters. The number of sulfone groups is 1. The first-order valence-electron chi connectivity index (χ1n) is 12.0. The van der Waals surface area contributed by atoms with Gasteiger partial charge in [-0.15, -0.1) is 10.2 Å². The van der Waals surface area contributed by atoms with Crippen LogP contribution in [0.4, 0.5) is 0 Å². The maximum atomic E-state index is 13.6. The molecule has 2 atom stereocenters. The van der Waals surface area contributed by atoms with Gasteiger partial charge in [0.2, 0.25) is 5.88 Å². The summed E-state index contributed by atoms with van der Waals surface area (Å²) in [6.45, 7) is 2.67.